The van der Waals surface area contributed by atoms with Crippen LogP contribution in [0.5, 0.6) is 5.75 Å². The molecule has 200 valence electrons. The molecule has 0 radical (unpaired) electrons. The molecule has 2 aliphatic carbocycles. The Morgan fingerprint density at radius 3 is 2.58 bits per heavy atom. The van der Waals surface area contributed by atoms with Crippen molar-refractivity contribution in [1.82, 2.24) is 9.88 Å². The second-order valence-corrected chi connectivity index (χ2v) is 12.4. The second kappa shape index (κ2) is 9.26. The van der Waals surface area contributed by atoms with Crippen molar-refractivity contribution < 1.29 is 33.8 Å². The number of para-hydroxylation sites is 1. The molecule has 2 aromatic rings. The van der Waals surface area contributed by atoms with E-state index in [1.807, 2.05) is 12.1 Å². The normalized spacial score (nSPS) is 31.5. The van der Waals surface area contributed by atoms with Gasteiger partial charge in [-0.2, -0.15) is 0 Å². The van der Waals surface area contributed by atoms with Gasteiger partial charge in [0.1, 0.15) is 11.8 Å². The number of nitrogens with zero attached hydrogens (tertiary/aromatic N) is 1. The first-order valence-corrected chi connectivity index (χ1v) is 14.3. The van der Waals surface area contributed by atoms with Crippen molar-refractivity contribution in [3.05, 3.63) is 44.4 Å². The number of imide groups is 1. The maximum Gasteiger partial charge on any atom is 0.344 e. The zero-order chi connectivity index (χ0) is 26.9. The number of amides is 2. The van der Waals surface area contributed by atoms with E-state index in [1.165, 1.54) is 6.92 Å². The molecule has 12 heteroatoms. The molecule has 0 spiro atoms. The Morgan fingerprint density at radius 1 is 1.16 bits per heavy atom. The molecule has 3 heterocycles. The standard InChI is InChI=1S/C26H26N2O8S2/c1-3-35-15(29)9-36-14-7-5-4-6-11(14)16-17-12-8-13(20(17)37-22-21(16)38-26(34)27-22)19-18(12)23(30)28(24(19)31)10(2)25(32)33/h4-7,10,12-13,16-20H,3,8-9H2,1-2H3,(H,27,34)(H,32,33)/t10?,12?,13?,16-,17?,18?,19?,20?/m1/s1. The van der Waals surface area contributed by atoms with Crippen LogP contribution in [-0.4, -0.2) is 63.2 Å². The number of H-pyrrole nitrogens is 1. The Labute approximate surface area is 225 Å². The molecule has 2 N–H and O–H groups in total. The number of benzene rings is 1. The maximum atomic E-state index is 13.5. The van der Waals surface area contributed by atoms with E-state index < -0.39 is 41.6 Å². The number of aromatic amines is 1. The SMILES string of the molecule is CCOC(=O)COc1ccccc1[C@H]1c2sc(=O)[nH]c2SC2C3CC(C4C(=O)N(C(C)C(=O)O)C(=O)C34)C21. The van der Waals surface area contributed by atoms with Crippen molar-refractivity contribution in [1.29, 1.82) is 0 Å². The van der Waals surface area contributed by atoms with Gasteiger partial charge >= 0.3 is 16.8 Å². The van der Waals surface area contributed by atoms with E-state index in [2.05, 4.69) is 4.98 Å². The molecule has 1 saturated heterocycles. The summed E-state index contributed by atoms with van der Waals surface area (Å²) in [5.41, 5.74) is 0.806. The van der Waals surface area contributed by atoms with Crippen LogP contribution in [0.3, 0.4) is 0 Å². The Balaban J connectivity index is 1.41. The topological polar surface area (TPSA) is 143 Å². The Bertz CT molecular complexity index is 1400. The van der Waals surface area contributed by atoms with Gasteiger partial charge in [0, 0.05) is 21.6 Å². The van der Waals surface area contributed by atoms with E-state index in [0.717, 1.165) is 31.7 Å². The monoisotopic (exact) mass is 558 g/mol. The third-order valence-corrected chi connectivity index (χ3v) is 11.0. The van der Waals surface area contributed by atoms with Gasteiger partial charge in [-0.25, -0.2) is 9.59 Å². The highest BCUT2D eigenvalue weighted by Crippen LogP contribution is 2.69. The number of likely N-dealkylation sites (tertiary alicyclic amines) is 1. The van der Waals surface area contributed by atoms with Gasteiger partial charge in [-0.1, -0.05) is 29.5 Å². The first kappa shape index (κ1) is 25.2. The van der Waals surface area contributed by atoms with Crippen LogP contribution in [0.15, 0.2) is 34.1 Å². The molecule has 2 bridgehead atoms. The van der Waals surface area contributed by atoms with Gasteiger partial charge in [0.25, 0.3) is 0 Å². The molecule has 2 amide bonds. The zero-order valence-electron chi connectivity index (χ0n) is 20.6. The highest BCUT2D eigenvalue weighted by atomic mass is 32.2. The number of hydrogen-bond donors (Lipinski definition) is 2. The molecule has 38 heavy (non-hydrogen) atoms. The number of aliphatic carboxylic acids is 1. The lowest BCUT2D eigenvalue weighted by Crippen LogP contribution is -2.44. The molecule has 2 aliphatic heterocycles. The minimum Gasteiger partial charge on any atom is -0.482 e. The summed E-state index contributed by atoms with van der Waals surface area (Å²) in [6, 6.07) is 6.14. The molecular weight excluding hydrogens is 532 g/mol. The molecule has 2 saturated carbocycles. The second-order valence-electron chi connectivity index (χ2n) is 10.2. The minimum absolute atomic E-state index is 0.0426. The Hall–Kier alpha value is -3.12. The fourth-order valence-electron chi connectivity index (χ4n) is 7.09. The maximum absolute atomic E-state index is 13.5. The fraction of sp³-hybridized carbons (Fsp3) is 0.500. The molecule has 10 nitrogen and oxygen atoms in total. The summed E-state index contributed by atoms with van der Waals surface area (Å²) in [6.07, 6.45) is 0.686. The number of rotatable bonds is 7. The number of carboxylic acids is 1. The summed E-state index contributed by atoms with van der Waals surface area (Å²) in [4.78, 5) is 67.6. The number of hydrogen-bond acceptors (Lipinski definition) is 9. The van der Waals surface area contributed by atoms with E-state index in [-0.39, 0.29) is 47.0 Å². The fourth-order valence-corrected chi connectivity index (χ4v) is 9.97. The van der Waals surface area contributed by atoms with Gasteiger partial charge in [-0.15, -0.1) is 11.8 Å². The van der Waals surface area contributed by atoms with Crippen LogP contribution in [-0.2, 0) is 23.9 Å². The van der Waals surface area contributed by atoms with Gasteiger partial charge < -0.3 is 19.6 Å². The van der Waals surface area contributed by atoms with Crippen molar-refractivity contribution in [2.24, 2.45) is 29.6 Å². The lowest BCUT2D eigenvalue weighted by atomic mass is 9.68. The predicted octanol–water partition coefficient (Wildman–Crippen LogP) is 2.32. The van der Waals surface area contributed by atoms with Crippen LogP contribution in [0, 0.1) is 29.6 Å². The molecule has 3 fully saturated rings. The van der Waals surface area contributed by atoms with Crippen LogP contribution >= 0.6 is 23.1 Å². The first-order chi connectivity index (χ1) is 18.2. The van der Waals surface area contributed by atoms with Crippen LogP contribution in [0.25, 0.3) is 0 Å². The smallest absolute Gasteiger partial charge is 0.344 e. The molecule has 1 aromatic heterocycles. The van der Waals surface area contributed by atoms with Crippen molar-refractivity contribution in [3.8, 4) is 5.75 Å². The number of carboxylic acid groups (broad SMARTS) is 1. The summed E-state index contributed by atoms with van der Waals surface area (Å²) in [5.74, 6) is -3.78. The van der Waals surface area contributed by atoms with Crippen molar-refractivity contribution in [2.45, 2.75) is 42.5 Å². The highest BCUT2D eigenvalue weighted by molar-refractivity contribution is 8.00. The van der Waals surface area contributed by atoms with Gasteiger partial charge in [-0.3, -0.25) is 19.3 Å². The van der Waals surface area contributed by atoms with E-state index in [4.69, 9.17) is 9.47 Å². The molecule has 4 aliphatic rings. The highest BCUT2D eigenvalue weighted by Gasteiger charge is 2.70. The van der Waals surface area contributed by atoms with Gasteiger partial charge in [0.2, 0.25) is 11.8 Å². The van der Waals surface area contributed by atoms with Crippen LogP contribution in [0.1, 0.15) is 36.6 Å². The number of thiazole rings is 1. The summed E-state index contributed by atoms with van der Waals surface area (Å²) in [5, 5.41) is 10.2. The molecular formula is C26H26N2O8S2. The lowest BCUT2D eigenvalue weighted by Gasteiger charge is -2.43. The predicted molar refractivity (Wildman–Crippen MR) is 136 cm³/mol. The number of thioether (sulfide) groups is 1. The number of carbonyl (C=O) groups excluding carboxylic acids is 3. The van der Waals surface area contributed by atoms with Crippen molar-refractivity contribution in [3.63, 3.8) is 0 Å². The number of carbonyl (C=O) groups is 4. The minimum atomic E-state index is -1.22. The molecule has 7 unspecified atom stereocenters. The average molecular weight is 559 g/mol. The first-order valence-electron chi connectivity index (χ1n) is 12.6. The van der Waals surface area contributed by atoms with Crippen LogP contribution in [0.2, 0.25) is 0 Å². The Morgan fingerprint density at radius 2 is 1.87 bits per heavy atom. The van der Waals surface area contributed by atoms with E-state index >= 15 is 0 Å². The van der Waals surface area contributed by atoms with E-state index in [9.17, 15) is 29.1 Å². The third kappa shape index (κ3) is 3.64. The van der Waals surface area contributed by atoms with E-state index in [1.54, 1.807) is 30.8 Å². The number of esters is 1. The summed E-state index contributed by atoms with van der Waals surface area (Å²) >= 11 is 2.68. The summed E-state index contributed by atoms with van der Waals surface area (Å²) in [7, 11) is 0. The summed E-state index contributed by atoms with van der Waals surface area (Å²) < 4.78 is 10.9. The number of nitrogens with one attached hydrogen (secondary N) is 1. The van der Waals surface area contributed by atoms with Crippen molar-refractivity contribution in [2.75, 3.05) is 13.2 Å². The number of aromatic nitrogens is 1. The van der Waals surface area contributed by atoms with Crippen LogP contribution < -0.4 is 9.61 Å². The number of ether oxygens (including phenoxy) is 2. The summed E-state index contributed by atoms with van der Waals surface area (Å²) in [6.45, 7) is 3.06. The quantitative estimate of drug-likeness (QED) is 0.387. The van der Waals surface area contributed by atoms with Crippen LogP contribution in [0.4, 0.5) is 0 Å². The number of fused-ring (bicyclic) bond motifs is 9. The molecule has 8 atom stereocenters. The van der Waals surface area contributed by atoms with Gasteiger partial charge in [0.05, 0.1) is 23.5 Å². The zero-order valence-corrected chi connectivity index (χ0v) is 22.3. The van der Waals surface area contributed by atoms with Crippen molar-refractivity contribution >= 4 is 46.9 Å². The average Bonchev–Trinajstić information content (AvgIpc) is 3.61. The largest absolute Gasteiger partial charge is 0.482 e. The lowest BCUT2D eigenvalue weighted by molar-refractivity contribution is -0.154. The molecule has 1 aromatic carbocycles. The van der Waals surface area contributed by atoms with E-state index in [0.29, 0.717) is 12.2 Å². The molecule has 6 rings (SSSR count). The van der Waals surface area contributed by atoms with Gasteiger partial charge in [-0.05, 0) is 44.1 Å². The van der Waals surface area contributed by atoms with Gasteiger partial charge in [0.15, 0.2) is 6.61 Å². The Kier molecular flexibility index (Phi) is 6.14. The third-order valence-electron chi connectivity index (χ3n) is 8.41.